The Hall–Kier alpha value is -3.53. The summed E-state index contributed by atoms with van der Waals surface area (Å²) in [5.74, 6) is 0.348. The fourth-order valence-corrected chi connectivity index (χ4v) is 4.13. The molecule has 0 fully saturated rings. The Labute approximate surface area is 164 Å². The zero-order chi connectivity index (χ0) is 18.8. The highest BCUT2D eigenvalue weighted by atomic mass is 14.8. The maximum atomic E-state index is 4.64. The summed E-state index contributed by atoms with van der Waals surface area (Å²) >= 11 is 0. The normalized spacial score (nSPS) is 16.8. The van der Waals surface area contributed by atoms with Crippen molar-refractivity contribution < 1.29 is 0 Å². The summed E-state index contributed by atoms with van der Waals surface area (Å²) in [5.41, 5.74) is 6.06. The lowest BCUT2D eigenvalue weighted by molar-refractivity contribution is 0.695. The van der Waals surface area contributed by atoms with E-state index in [1.807, 2.05) is 49.1 Å². The van der Waals surface area contributed by atoms with Gasteiger partial charge in [-0.2, -0.15) is 0 Å². The molecule has 138 valence electrons. The second kappa shape index (κ2) is 7.24. The van der Waals surface area contributed by atoms with Gasteiger partial charge in [0.15, 0.2) is 0 Å². The molecule has 4 nitrogen and oxygen atoms in total. The van der Waals surface area contributed by atoms with E-state index < -0.39 is 0 Å². The van der Waals surface area contributed by atoms with Gasteiger partial charge < -0.3 is 15.0 Å². The largest absolute Gasteiger partial charge is 0.364 e. The van der Waals surface area contributed by atoms with Gasteiger partial charge in [-0.05, 0) is 53.6 Å². The predicted molar refractivity (Wildman–Crippen MR) is 113 cm³/mol. The standard InChI is InChI=1S/C24H22N4/c1-5-19(25-13-1)23(20-6-2-14-26-20)17-9-11-18(12-10-17)24(21-7-3-15-27-21)22-8-4-16-28-22/h1-16,19,23-24,26-28H. The van der Waals surface area contributed by atoms with Gasteiger partial charge in [-0.15, -0.1) is 0 Å². The van der Waals surface area contributed by atoms with Crippen LogP contribution < -0.4 is 0 Å². The molecule has 4 aromatic rings. The Morgan fingerprint density at radius 3 is 1.75 bits per heavy atom. The number of hydrogen-bond donors (Lipinski definition) is 3. The van der Waals surface area contributed by atoms with Crippen LogP contribution in [0.2, 0.25) is 0 Å². The lowest BCUT2D eigenvalue weighted by Crippen LogP contribution is -2.15. The Morgan fingerprint density at radius 1 is 0.679 bits per heavy atom. The Bertz CT molecular complexity index is 1010. The third-order valence-corrected chi connectivity index (χ3v) is 5.45. The molecular weight excluding hydrogens is 344 g/mol. The average Bonchev–Trinajstić information content (AvgIpc) is 3.52. The van der Waals surface area contributed by atoms with Crippen molar-refractivity contribution in [3.8, 4) is 0 Å². The zero-order valence-electron chi connectivity index (χ0n) is 15.4. The van der Waals surface area contributed by atoms with Crippen LogP contribution >= 0.6 is 0 Å². The molecule has 0 spiro atoms. The quantitative estimate of drug-likeness (QED) is 0.430. The van der Waals surface area contributed by atoms with Crippen LogP contribution in [0.5, 0.6) is 0 Å². The summed E-state index contributed by atoms with van der Waals surface area (Å²) in [6.45, 7) is 0. The van der Waals surface area contributed by atoms with Crippen LogP contribution in [0, 0.1) is 0 Å². The van der Waals surface area contributed by atoms with E-state index in [9.17, 15) is 0 Å². The Kier molecular flexibility index (Phi) is 4.30. The van der Waals surface area contributed by atoms with E-state index in [0.29, 0.717) is 0 Å². The number of H-pyrrole nitrogens is 3. The summed E-state index contributed by atoms with van der Waals surface area (Å²) in [6, 6.07) is 21.6. The first-order valence-corrected chi connectivity index (χ1v) is 9.60. The molecule has 3 N–H and O–H groups in total. The minimum absolute atomic E-state index is 0.132. The second-order valence-corrected chi connectivity index (χ2v) is 7.13. The highest BCUT2D eigenvalue weighted by molar-refractivity contribution is 5.74. The topological polar surface area (TPSA) is 59.7 Å². The minimum Gasteiger partial charge on any atom is -0.364 e. The number of aliphatic imine (C=N–C) groups is 1. The molecule has 4 heterocycles. The van der Waals surface area contributed by atoms with Gasteiger partial charge in [0.05, 0.1) is 17.9 Å². The van der Waals surface area contributed by atoms with E-state index in [4.69, 9.17) is 0 Å². The minimum atomic E-state index is 0.132. The molecular formula is C24H22N4. The third-order valence-electron chi connectivity index (χ3n) is 5.45. The van der Waals surface area contributed by atoms with Gasteiger partial charge in [0.25, 0.3) is 0 Å². The van der Waals surface area contributed by atoms with Crippen LogP contribution in [0.3, 0.4) is 0 Å². The van der Waals surface area contributed by atoms with Gasteiger partial charge in [0, 0.05) is 41.9 Å². The lowest BCUT2D eigenvalue weighted by Gasteiger charge is -2.22. The molecule has 2 unspecified atom stereocenters. The highest BCUT2D eigenvalue weighted by Gasteiger charge is 2.25. The van der Waals surface area contributed by atoms with Gasteiger partial charge >= 0.3 is 0 Å². The number of nitrogens with one attached hydrogen (secondary N) is 3. The molecule has 1 aromatic carbocycles. The van der Waals surface area contributed by atoms with E-state index >= 15 is 0 Å². The smallest absolute Gasteiger partial charge is 0.0806 e. The van der Waals surface area contributed by atoms with Gasteiger partial charge in [-0.25, -0.2) is 0 Å². The molecule has 28 heavy (non-hydrogen) atoms. The number of hydrogen-bond acceptors (Lipinski definition) is 1. The number of nitrogens with zero attached hydrogens (tertiary/aromatic N) is 1. The molecule has 0 aliphatic carbocycles. The Morgan fingerprint density at radius 2 is 1.25 bits per heavy atom. The molecule has 1 aliphatic rings. The number of rotatable bonds is 6. The van der Waals surface area contributed by atoms with Crippen molar-refractivity contribution in [2.75, 3.05) is 0 Å². The summed E-state index contributed by atoms with van der Waals surface area (Å²) in [6.07, 6.45) is 12.0. The second-order valence-electron chi connectivity index (χ2n) is 7.13. The highest BCUT2D eigenvalue weighted by Crippen LogP contribution is 2.34. The summed E-state index contributed by atoms with van der Waals surface area (Å²) in [5, 5.41) is 0. The van der Waals surface area contributed by atoms with Crippen LogP contribution in [0.4, 0.5) is 0 Å². The predicted octanol–water partition coefficient (Wildman–Crippen LogP) is 4.99. The number of aromatic nitrogens is 3. The molecule has 3 aromatic heterocycles. The van der Waals surface area contributed by atoms with Crippen LogP contribution in [0.1, 0.15) is 40.0 Å². The van der Waals surface area contributed by atoms with E-state index in [1.54, 1.807) is 0 Å². The molecule has 5 rings (SSSR count). The van der Waals surface area contributed by atoms with Crippen molar-refractivity contribution in [1.29, 1.82) is 0 Å². The molecule has 0 saturated heterocycles. The first kappa shape index (κ1) is 16.6. The maximum Gasteiger partial charge on any atom is 0.0806 e. The van der Waals surface area contributed by atoms with Crippen molar-refractivity contribution in [3.05, 3.63) is 120 Å². The molecule has 1 aliphatic heterocycles. The molecule has 0 saturated carbocycles. The fourth-order valence-electron chi connectivity index (χ4n) is 4.13. The average molecular weight is 366 g/mol. The fraction of sp³-hybridized carbons (Fsp3) is 0.125. The monoisotopic (exact) mass is 366 g/mol. The van der Waals surface area contributed by atoms with Gasteiger partial charge in [-0.3, -0.25) is 4.99 Å². The van der Waals surface area contributed by atoms with Crippen molar-refractivity contribution in [2.45, 2.75) is 17.9 Å². The van der Waals surface area contributed by atoms with Gasteiger partial charge in [-0.1, -0.05) is 30.3 Å². The van der Waals surface area contributed by atoms with Crippen LogP contribution in [-0.2, 0) is 0 Å². The Balaban J connectivity index is 1.52. The van der Waals surface area contributed by atoms with E-state index in [2.05, 4.69) is 68.5 Å². The maximum absolute atomic E-state index is 4.64. The lowest BCUT2D eigenvalue weighted by atomic mass is 9.86. The first-order valence-electron chi connectivity index (χ1n) is 9.60. The molecule has 4 heteroatoms. The van der Waals surface area contributed by atoms with Crippen LogP contribution in [0.25, 0.3) is 0 Å². The van der Waals surface area contributed by atoms with Gasteiger partial charge in [0.1, 0.15) is 0 Å². The van der Waals surface area contributed by atoms with Crippen molar-refractivity contribution in [1.82, 2.24) is 15.0 Å². The first-order chi connectivity index (χ1) is 13.9. The van der Waals surface area contributed by atoms with Crippen LogP contribution in [-0.4, -0.2) is 27.2 Å². The molecule has 0 radical (unpaired) electrons. The summed E-state index contributed by atoms with van der Waals surface area (Å²) < 4.78 is 0. The van der Waals surface area contributed by atoms with E-state index in [-0.39, 0.29) is 17.9 Å². The number of allylic oxidation sites excluding steroid dienone is 1. The van der Waals surface area contributed by atoms with Gasteiger partial charge in [0.2, 0.25) is 0 Å². The summed E-state index contributed by atoms with van der Waals surface area (Å²) in [7, 11) is 0. The van der Waals surface area contributed by atoms with Crippen molar-refractivity contribution in [3.63, 3.8) is 0 Å². The molecule has 0 amide bonds. The van der Waals surface area contributed by atoms with Crippen LogP contribution in [0.15, 0.2) is 96.4 Å². The zero-order valence-corrected chi connectivity index (χ0v) is 15.4. The van der Waals surface area contributed by atoms with Crippen molar-refractivity contribution in [2.24, 2.45) is 4.99 Å². The summed E-state index contributed by atoms with van der Waals surface area (Å²) in [4.78, 5) is 14.8. The number of aromatic amines is 3. The number of benzene rings is 1. The van der Waals surface area contributed by atoms with E-state index in [1.165, 1.54) is 28.2 Å². The SMILES string of the molecule is C1=CC(C(c2ccc(C(c3ccc[nH]3)c3ccc[nH]3)cc2)c2ccc[nH]2)N=C1. The molecule has 0 bridgehead atoms. The van der Waals surface area contributed by atoms with E-state index in [0.717, 1.165) is 0 Å². The molecule has 2 atom stereocenters. The van der Waals surface area contributed by atoms with Crippen molar-refractivity contribution >= 4 is 6.21 Å². The third kappa shape index (κ3) is 3.03.